The normalized spacial score (nSPS) is 18.5. The molecule has 2 saturated carbocycles. The van der Waals surface area contributed by atoms with Crippen LogP contribution in [0.1, 0.15) is 71.1 Å². The van der Waals surface area contributed by atoms with E-state index in [-0.39, 0.29) is 24.5 Å². The number of amides is 1. The highest BCUT2D eigenvalue weighted by Gasteiger charge is 2.35. The van der Waals surface area contributed by atoms with Gasteiger partial charge in [0.15, 0.2) is 0 Å². The standard InChI is InChI=1S/C23H33N3O4/c1-2-29-22(27)21(25-30-23(28)24-18-12-6-3-7-13-18)26(19-14-8-4-9-15-19)20-16-10-5-11-17-20/h3,6-7,12-13,19-20H,2,4-5,8-11,14-17H2,1H3,(H,24,28)/b25-21-. The average molecular weight is 416 g/mol. The van der Waals surface area contributed by atoms with E-state index in [2.05, 4.69) is 15.4 Å². The molecule has 30 heavy (non-hydrogen) atoms. The van der Waals surface area contributed by atoms with Gasteiger partial charge in [0.05, 0.1) is 6.61 Å². The molecule has 0 atom stereocenters. The predicted molar refractivity (Wildman–Crippen MR) is 116 cm³/mol. The quantitative estimate of drug-likeness (QED) is 0.238. The van der Waals surface area contributed by atoms with Crippen molar-refractivity contribution in [1.82, 2.24) is 4.90 Å². The minimum atomic E-state index is -0.727. The molecule has 0 bridgehead atoms. The largest absolute Gasteiger partial charge is 0.460 e. The lowest BCUT2D eigenvalue weighted by molar-refractivity contribution is -0.136. The van der Waals surface area contributed by atoms with Crippen molar-refractivity contribution in [3.8, 4) is 0 Å². The number of esters is 1. The highest BCUT2D eigenvalue weighted by molar-refractivity contribution is 6.35. The number of nitrogens with zero attached hydrogens (tertiary/aromatic N) is 2. The first kappa shape index (κ1) is 22.1. The summed E-state index contributed by atoms with van der Waals surface area (Å²) < 4.78 is 5.29. The first-order chi connectivity index (χ1) is 14.7. The van der Waals surface area contributed by atoms with E-state index in [9.17, 15) is 9.59 Å². The Labute approximate surface area is 178 Å². The van der Waals surface area contributed by atoms with Gasteiger partial charge in [-0.15, -0.1) is 0 Å². The maximum absolute atomic E-state index is 12.8. The molecule has 0 spiro atoms. The van der Waals surface area contributed by atoms with E-state index >= 15 is 0 Å². The van der Waals surface area contributed by atoms with Crippen LogP contribution in [0.4, 0.5) is 10.5 Å². The molecule has 0 unspecified atom stereocenters. The Bertz CT molecular complexity index is 692. The Hall–Kier alpha value is -2.57. The fourth-order valence-corrected chi connectivity index (χ4v) is 4.49. The second kappa shape index (κ2) is 11.6. The zero-order valence-electron chi connectivity index (χ0n) is 17.8. The third-order valence-electron chi connectivity index (χ3n) is 5.87. The van der Waals surface area contributed by atoms with Gasteiger partial charge in [-0.2, -0.15) is 0 Å². The Balaban J connectivity index is 1.81. The van der Waals surface area contributed by atoms with E-state index in [0.717, 1.165) is 51.4 Å². The van der Waals surface area contributed by atoms with Crippen LogP contribution in [-0.4, -0.2) is 41.5 Å². The molecule has 0 aromatic heterocycles. The number of nitrogens with one attached hydrogen (secondary N) is 1. The number of ether oxygens (including phenoxy) is 1. The molecule has 1 N–H and O–H groups in total. The molecule has 2 fully saturated rings. The van der Waals surface area contributed by atoms with Crippen LogP contribution in [0, 0.1) is 0 Å². The zero-order chi connectivity index (χ0) is 21.2. The van der Waals surface area contributed by atoms with E-state index in [4.69, 9.17) is 9.57 Å². The lowest BCUT2D eigenvalue weighted by Gasteiger charge is -2.42. The summed E-state index contributed by atoms with van der Waals surface area (Å²) in [6.07, 6.45) is 10.3. The van der Waals surface area contributed by atoms with Crippen LogP contribution < -0.4 is 5.32 Å². The van der Waals surface area contributed by atoms with Crippen LogP contribution in [-0.2, 0) is 14.4 Å². The van der Waals surface area contributed by atoms with Crippen molar-refractivity contribution in [3.05, 3.63) is 30.3 Å². The summed E-state index contributed by atoms with van der Waals surface area (Å²) in [4.78, 5) is 32.3. The Morgan fingerprint density at radius 1 is 0.967 bits per heavy atom. The number of benzene rings is 1. The second-order valence-electron chi connectivity index (χ2n) is 8.00. The summed E-state index contributed by atoms with van der Waals surface area (Å²) in [5.41, 5.74) is 0.604. The van der Waals surface area contributed by atoms with Gasteiger partial charge in [0.25, 0.3) is 5.84 Å². The van der Waals surface area contributed by atoms with Crippen LogP contribution >= 0.6 is 0 Å². The maximum atomic E-state index is 12.8. The molecule has 2 aliphatic rings. The van der Waals surface area contributed by atoms with Gasteiger partial charge in [0, 0.05) is 17.8 Å². The number of anilines is 1. The highest BCUT2D eigenvalue weighted by atomic mass is 16.7. The maximum Gasteiger partial charge on any atom is 0.437 e. The van der Waals surface area contributed by atoms with Gasteiger partial charge in [0.2, 0.25) is 0 Å². The molecule has 1 aromatic rings. The molecular formula is C23H33N3O4. The van der Waals surface area contributed by atoms with Crippen LogP contribution in [0.5, 0.6) is 0 Å². The second-order valence-corrected chi connectivity index (χ2v) is 8.00. The van der Waals surface area contributed by atoms with Crippen molar-refractivity contribution in [2.24, 2.45) is 5.16 Å². The van der Waals surface area contributed by atoms with Crippen LogP contribution in [0.25, 0.3) is 0 Å². The van der Waals surface area contributed by atoms with Crippen molar-refractivity contribution in [2.75, 3.05) is 11.9 Å². The highest BCUT2D eigenvalue weighted by Crippen LogP contribution is 2.31. The third kappa shape index (κ3) is 6.21. The number of carbonyl (C=O) groups excluding carboxylic acids is 2. The first-order valence-corrected chi connectivity index (χ1v) is 11.3. The number of rotatable bonds is 5. The number of hydrogen-bond acceptors (Lipinski definition) is 5. The van der Waals surface area contributed by atoms with Gasteiger partial charge in [-0.1, -0.05) is 56.7 Å². The van der Waals surface area contributed by atoms with E-state index in [1.807, 2.05) is 18.2 Å². The van der Waals surface area contributed by atoms with Gasteiger partial charge in [-0.3, -0.25) is 10.2 Å². The molecular weight excluding hydrogens is 382 g/mol. The molecule has 3 rings (SSSR count). The molecule has 0 aliphatic heterocycles. The van der Waals surface area contributed by atoms with Gasteiger partial charge >= 0.3 is 12.1 Å². The molecule has 0 heterocycles. The molecule has 0 saturated heterocycles. The lowest BCUT2D eigenvalue weighted by atomic mass is 9.88. The van der Waals surface area contributed by atoms with Crippen molar-refractivity contribution in [3.63, 3.8) is 0 Å². The Morgan fingerprint density at radius 3 is 2.07 bits per heavy atom. The summed E-state index contributed by atoms with van der Waals surface area (Å²) in [7, 11) is 0. The number of para-hydroxylation sites is 1. The van der Waals surface area contributed by atoms with Crippen molar-refractivity contribution in [2.45, 2.75) is 83.2 Å². The number of carbonyl (C=O) groups is 2. The SMILES string of the molecule is CCOC(=O)/C(=N/OC(=O)Nc1ccccc1)N(C1CCCCC1)C1CCCCC1. The van der Waals surface area contributed by atoms with E-state index in [1.165, 1.54) is 12.8 Å². The molecule has 2 aliphatic carbocycles. The molecule has 164 valence electrons. The Kier molecular flexibility index (Phi) is 8.53. The van der Waals surface area contributed by atoms with Crippen molar-refractivity contribution >= 4 is 23.6 Å². The fraction of sp³-hybridized carbons (Fsp3) is 0.609. The average Bonchev–Trinajstić information content (AvgIpc) is 2.78. The summed E-state index contributed by atoms with van der Waals surface area (Å²) in [6, 6.07) is 9.46. The third-order valence-corrected chi connectivity index (χ3v) is 5.87. The summed E-state index contributed by atoms with van der Waals surface area (Å²) in [5.74, 6) is -0.403. The fourth-order valence-electron chi connectivity index (χ4n) is 4.49. The van der Waals surface area contributed by atoms with Gasteiger partial charge in [-0.25, -0.2) is 9.59 Å². The molecule has 1 amide bonds. The molecule has 7 heteroatoms. The molecule has 0 radical (unpaired) electrons. The first-order valence-electron chi connectivity index (χ1n) is 11.3. The number of hydrogen-bond donors (Lipinski definition) is 1. The van der Waals surface area contributed by atoms with E-state index in [1.54, 1.807) is 19.1 Å². The number of amidine groups is 1. The van der Waals surface area contributed by atoms with Gasteiger partial charge in [0.1, 0.15) is 0 Å². The van der Waals surface area contributed by atoms with Crippen molar-refractivity contribution < 1.29 is 19.2 Å². The zero-order valence-corrected chi connectivity index (χ0v) is 17.8. The van der Waals surface area contributed by atoms with Crippen LogP contribution in [0.2, 0.25) is 0 Å². The molecule has 1 aromatic carbocycles. The van der Waals surface area contributed by atoms with E-state index in [0.29, 0.717) is 5.69 Å². The number of oxime groups is 1. The Morgan fingerprint density at radius 2 is 1.53 bits per heavy atom. The lowest BCUT2D eigenvalue weighted by Crippen LogP contribution is -2.52. The summed E-state index contributed by atoms with van der Waals surface area (Å²) in [5, 5.41) is 6.67. The van der Waals surface area contributed by atoms with Gasteiger partial charge < -0.3 is 9.64 Å². The smallest absolute Gasteiger partial charge is 0.437 e. The monoisotopic (exact) mass is 415 g/mol. The predicted octanol–water partition coefficient (Wildman–Crippen LogP) is 5.08. The summed E-state index contributed by atoms with van der Waals surface area (Å²) >= 11 is 0. The van der Waals surface area contributed by atoms with E-state index < -0.39 is 12.1 Å². The minimum absolute atomic E-state index is 0.124. The van der Waals surface area contributed by atoms with Gasteiger partial charge in [-0.05, 0) is 49.9 Å². The minimum Gasteiger partial charge on any atom is -0.460 e. The summed E-state index contributed by atoms with van der Waals surface area (Å²) in [6.45, 7) is 2.02. The van der Waals surface area contributed by atoms with Crippen molar-refractivity contribution in [1.29, 1.82) is 0 Å². The molecule has 7 nitrogen and oxygen atoms in total. The van der Waals surface area contributed by atoms with Crippen LogP contribution in [0.3, 0.4) is 0 Å². The van der Waals surface area contributed by atoms with Crippen LogP contribution in [0.15, 0.2) is 35.5 Å². The topological polar surface area (TPSA) is 80.2 Å².